The number of benzene rings is 2. The highest BCUT2D eigenvalue weighted by Gasteiger charge is 2.17. The van der Waals surface area contributed by atoms with Crippen molar-refractivity contribution in [3.63, 3.8) is 0 Å². The van der Waals surface area contributed by atoms with Gasteiger partial charge in [0.25, 0.3) is 18.4 Å². The quantitative estimate of drug-likeness (QED) is 0.339. The summed E-state index contributed by atoms with van der Waals surface area (Å²) in [5.41, 5.74) is 0.670. The van der Waals surface area contributed by atoms with Crippen LogP contribution in [-0.2, 0) is 17.8 Å². The SMILES string of the molecule is N#Cc1cc2[nH]c(Cc3nn(CC(=O)NCC(F)F)c(=O)c4ccccc34)nc2cc1OCC(F)F. The summed E-state index contributed by atoms with van der Waals surface area (Å²) < 4.78 is 55.8. The fourth-order valence-corrected chi connectivity index (χ4v) is 3.62. The Morgan fingerprint density at radius 2 is 1.92 bits per heavy atom. The van der Waals surface area contributed by atoms with E-state index < -0.39 is 44.0 Å². The molecule has 0 saturated carbocycles. The summed E-state index contributed by atoms with van der Waals surface area (Å²) >= 11 is 0. The van der Waals surface area contributed by atoms with Gasteiger partial charge in [-0.2, -0.15) is 10.4 Å². The van der Waals surface area contributed by atoms with Crippen LogP contribution in [0.2, 0.25) is 0 Å². The van der Waals surface area contributed by atoms with Crippen LogP contribution in [0.4, 0.5) is 17.6 Å². The lowest BCUT2D eigenvalue weighted by Gasteiger charge is -2.10. The van der Waals surface area contributed by atoms with Gasteiger partial charge in [0.2, 0.25) is 5.91 Å². The highest BCUT2D eigenvalue weighted by Crippen LogP contribution is 2.26. The smallest absolute Gasteiger partial charge is 0.275 e. The first kappa shape index (κ1) is 24.6. The second kappa shape index (κ2) is 10.4. The fraction of sp³-hybridized carbons (Fsp3) is 0.261. The number of aromatic amines is 1. The summed E-state index contributed by atoms with van der Waals surface area (Å²) in [7, 11) is 0. The van der Waals surface area contributed by atoms with Gasteiger partial charge in [-0.1, -0.05) is 18.2 Å². The number of alkyl halides is 4. The zero-order chi connectivity index (χ0) is 25.8. The average molecular weight is 502 g/mol. The molecule has 4 rings (SSSR count). The minimum Gasteiger partial charge on any atom is -0.486 e. The molecule has 0 saturated heterocycles. The predicted molar refractivity (Wildman–Crippen MR) is 120 cm³/mol. The third-order valence-electron chi connectivity index (χ3n) is 5.14. The van der Waals surface area contributed by atoms with Gasteiger partial charge in [-0.3, -0.25) is 9.59 Å². The van der Waals surface area contributed by atoms with Gasteiger partial charge in [0.15, 0.2) is 0 Å². The molecule has 0 spiro atoms. The van der Waals surface area contributed by atoms with E-state index in [1.165, 1.54) is 12.1 Å². The van der Waals surface area contributed by atoms with E-state index in [1.54, 1.807) is 24.3 Å². The van der Waals surface area contributed by atoms with Gasteiger partial charge in [-0.25, -0.2) is 27.2 Å². The summed E-state index contributed by atoms with van der Waals surface area (Å²) in [5.74, 6) is -0.449. The third kappa shape index (κ3) is 5.43. The zero-order valence-electron chi connectivity index (χ0n) is 18.5. The molecular formula is C23H18F4N6O3. The molecule has 2 N–H and O–H groups in total. The Bertz CT molecular complexity index is 1530. The Morgan fingerprint density at radius 1 is 1.17 bits per heavy atom. The van der Waals surface area contributed by atoms with Crippen molar-refractivity contribution < 1.29 is 27.1 Å². The summed E-state index contributed by atoms with van der Waals surface area (Å²) in [6, 6.07) is 11.3. The van der Waals surface area contributed by atoms with Crippen molar-refractivity contribution in [3.8, 4) is 11.8 Å². The number of carbonyl (C=O) groups is 1. The van der Waals surface area contributed by atoms with Crippen LogP contribution < -0.4 is 15.6 Å². The van der Waals surface area contributed by atoms with Crippen LogP contribution in [0.15, 0.2) is 41.2 Å². The number of hydrogen-bond donors (Lipinski definition) is 2. The van der Waals surface area contributed by atoms with Crippen LogP contribution in [0.1, 0.15) is 17.1 Å². The number of ether oxygens (including phenoxy) is 1. The molecule has 0 atom stereocenters. The molecule has 0 fully saturated rings. The van der Waals surface area contributed by atoms with Gasteiger partial charge >= 0.3 is 0 Å². The lowest BCUT2D eigenvalue weighted by molar-refractivity contribution is -0.122. The highest BCUT2D eigenvalue weighted by molar-refractivity contribution is 5.85. The Morgan fingerprint density at radius 3 is 2.61 bits per heavy atom. The second-order valence-corrected chi connectivity index (χ2v) is 7.69. The number of amides is 1. The summed E-state index contributed by atoms with van der Waals surface area (Å²) in [4.78, 5) is 32.3. The number of aromatic nitrogens is 4. The molecule has 0 aliphatic rings. The molecule has 0 unspecified atom stereocenters. The average Bonchev–Trinajstić information content (AvgIpc) is 3.24. The summed E-state index contributed by atoms with van der Waals surface area (Å²) in [6.45, 7) is -2.28. The molecule has 2 aromatic carbocycles. The van der Waals surface area contributed by atoms with Gasteiger partial charge in [-0.05, 0) is 12.1 Å². The maximum absolute atomic E-state index is 12.8. The molecule has 2 aromatic heterocycles. The van der Waals surface area contributed by atoms with Gasteiger partial charge in [0.1, 0.15) is 30.8 Å². The van der Waals surface area contributed by atoms with Gasteiger partial charge in [-0.15, -0.1) is 0 Å². The van der Waals surface area contributed by atoms with Crippen molar-refractivity contribution in [3.05, 3.63) is 63.8 Å². The second-order valence-electron chi connectivity index (χ2n) is 7.69. The van der Waals surface area contributed by atoms with Crippen LogP contribution in [0.25, 0.3) is 21.8 Å². The molecule has 0 radical (unpaired) electrons. The Kier molecular flexibility index (Phi) is 7.14. The van der Waals surface area contributed by atoms with Crippen LogP contribution in [0, 0.1) is 11.3 Å². The topological polar surface area (TPSA) is 126 Å². The van der Waals surface area contributed by atoms with Crippen molar-refractivity contribution >= 4 is 27.7 Å². The van der Waals surface area contributed by atoms with Crippen molar-refractivity contribution in [2.45, 2.75) is 25.8 Å². The molecule has 1 amide bonds. The van der Waals surface area contributed by atoms with E-state index in [4.69, 9.17) is 4.74 Å². The molecule has 0 aliphatic carbocycles. The molecule has 4 aromatic rings. The monoisotopic (exact) mass is 502 g/mol. The van der Waals surface area contributed by atoms with Gasteiger partial charge < -0.3 is 15.0 Å². The molecule has 0 aliphatic heterocycles. The number of H-pyrrole nitrogens is 1. The van der Waals surface area contributed by atoms with Crippen molar-refractivity contribution in [2.24, 2.45) is 0 Å². The predicted octanol–water partition coefficient (Wildman–Crippen LogP) is 2.76. The Balaban J connectivity index is 1.69. The molecule has 2 heterocycles. The number of hydrogen-bond acceptors (Lipinski definition) is 6. The Hall–Kier alpha value is -4.47. The molecule has 13 heteroatoms. The molecule has 9 nitrogen and oxygen atoms in total. The molecule has 36 heavy (non-hydrogen) atoms. The molecule has 186 valence electrons. The van der Waals surface area contributed by atoms with Crippen LogP contribution in [0.5, 0.6) is 5.75 Å². The van der Waals surface area contributed by atoms with E-state index in [9.17, 15) is 32.4 Å². The number of imidazole rings is 1. The van der Waals surface area contributed by atoms with Crippen LogP contribution in [0.3, 0.4) is 0 Å². The van der Waals surface area contributed by atoms with Crippen molar-refractivity contribution in [1.29, 1.82) is 5.26 Å². The molecular weight excluding hydrogens is 484 g/mol. The lowest BCUT2D eigenvalue weighted by Crippen LogP contribution is -2.36. The highest BCUT2D eigenvalue weighted by atomic mass is 19.3. The third-order valence-corrected chi connectivity index (χ3v) is 5.14. The Labute approximate surface area is 200 Å². The maximum atomic E-state index is 12.8. The van der Waals surface area contributed by atoms with E-state index in [0.29, 0.717) is 27.9 Å². The molecule has 0 bridgehead atoms. The first-order valence-electron chi connectivity index (χ1n) is 10.6. The van der Waals surface area contributed by atoms with Crippen LogP contribution in [-0.4, -0.2) is 51.7 Å². The number of rotatable bonds is 9. The van der Waals surface area contributed by atoms with Crippen molar-refractivity contribution in [1.82, 2.24) is 25.1 Å². The largest absolute Gasteiger partial charge is 0.486 e. The number of halogens is 4. The zero-order valence-corrected chi connectivity index (χ0v) is 18.5. The number of nitrogens with zero attached hydrogens (tertiary/aromatic N) is 4. The fourth-order valence-electron chi connectivity index (χ4n) is 3.62. The van der Waals surface area contributed by atoms with E-state index in [0.717, 1.165) is 4.68 Å². The normalized spacial score (nSPS) is 11.4. The van der Waals surface area contributed by atoms with E-state index in [-0.39, 0.29) is 23.1 Å². The number of nitrogens with one attached hydrogen (secondary N) is 2. The van der Waals surface area contributed by atoms with Crippen molar-refractivity contribution in [2.75, 3.05) is 13.2 Å². The first-order valence-corrected chi connectivity index (χ1v) is 10.6. The minimum absolute atomic E-state index is 0.0321. The standard InChI is InChI=1S/C23H18F4N6O3/c24-19(25)9-29-22(34)10-33-23(35)14-4-2-1-3-13(14)15(32-33)7-21-30-16-5-12(8-28)18(6-17(16)31-21)36-11-20(26)27/h1-6,19-20H,7,9-11H2,(H,29,34)(H,30,31). The van der Waals surface area contributed by atoms with Crippen LogP contribution >= 0.6 is 0 Å². The van der Waals surface area contributed by atoms with E-state index in [2.05, 4.69) is 15.1 Å². The van der Waals surface area contributed by atoms with E-state index >= 15 is 0 Å². The lowest BCUT2D eigenvalue weighted by atomic mass is 10.1. The minimum atomic E-state index is -2.73. The number of fused-ring (bicyclic) bond motifs is 2. The van der Waals surface area contributed by atoms with Gasteiger partial charge in [0.05, 0.1) is 40.6 Å². The van der Waals surface area contributed by atoms with Gasteiger partial charge in [0, 0.05) is 11.5 Å². The number of carbonyl (C=O) groups excluding carboxylic acids is 1. The number of nitriles is 1. The summed E-state index contributed by atoms with van der Waals surface area (Å²) in [6.07, 6.45) is -5.38. The first-order chi connectivity index (χ1) is 17.2. The van der Waals surface area contributed by atoms with E-state index in [1.807, 2.05) is 11.4 Å². The maximum Gasteiger partial charge on any atom is 0.275 e. The summed E-state index contributed by atoms with van der Waals surface area (Å²) in [5, 5.41) is 16.4.